The minimum atomic E-state index is -0.193. The first-order chi connectivity index (χ1) is 12.0. The molecule has 0 aromatic heterocycles. The van der Waals surface area contributed by atoms with E-state index in [1.807, 2.05) is 38.1 Å². The molecule has 2 aliphatic rings. The van der Waals surface area contributed by atoms with Crippen LogP contribution in [0, 0.1) is 25.7 Å². The van der Waals surface area contributed by atoms with E-state index in [2.05, 4.69) is 11.4 Å². The molecule has 5 heteroatoms. The van der Waals surface area contributed by atoms with Crippen LogP contribution in [0.1, 0.15) is 36.8 Å². The predicted molar refractivity (Wildman–Crippen MR) is 95.9 cm³/mol. The van der Waals surface area contributed by atoms with Gasteiger partial charge in [0.05, 0.1) is 11.8 Å². The maximum atomic E-state index is 12.4. The Balaban J connectivity index is 1.50. The molecule has 1 aliphatic carbocycles. The zero-order valence-corrected chi connectivity index (χ0v) is 14.7. The number of rotatable bonds is 5. The highest BCUT2D eigenvalue weighted by atomic mass is 16.2. The van der Waals surface area contributed by atoms with Gasteiger partial charge < -0.3 is 5.32 Å². The van der Waals surface area contributed by atoms with Crippen LogP contribution < -0.4 is 5.32 Å². The second-order valence-electron chi connectivity index (χ2n) is 7.01. The number of carbonyl (C=O) groups excluding carboxylic acids is 3. The first-order valence-electron chi connectivity index (χ1n) is 8.84. The summed E-state index contributed by atoms with van der Waals surface area (Å²) in [6.07, 6.45) is 6.04. The third kappa shape index (κ3) is 3.81. The maximum absolute atomic E-state index is 12.4. The van der Waals surface area contributed by atoms with E-state index in [0.29, 0.717) is 25.8 Å². The fraction of sp³-hybridized carbons (Fsp3) is 0.450. The number of nitrogens with zero attached hydrogens (tertiary/aromatic N) is 1. The smallest absolute Gasteiger partial charge is 0.233 e. The molecule has 2 atom stereocenters. The third-order valence-electron chi connectivity index (χ3n) is 4.89. The second-order valence-corrected chi connectivity index (χ2v) is 7.01. The number of benzene rings is 1. The van der Waals surface area contributed by atoms with Gasteiger partial charge in [0.1, 0.15) is 0 Å². The van der Waals surface area contributed by atoms with Crippen LogP contribution in [0.3, 0.4) is 0 Å². The standard InChI is InChI=1S/C20H24N2O3/c1-13-10-14(2)12-15(11-13)21-18(23)8-5-9-22-19(24)16-6-3-4-7-17(16)20(22)25/h3-4,10-12,16-17H,5-9H2,1-2H3,(H,21,23)/t16-,17+. The average molecular weight is 340 g/mol. The number of aryl methyl sites for hydroxylation is 2. The molecule has 0 bridgehead atoms. The van der Waals surface area contributed by atoms with Crippen LogP contribution in [0.5, 0.6) is 0 Å². The number of anilines is 1. The minimum Gasteiger partial charge on any atom is -0.326 e. The van der Waals surface area contributed by atoms with Gasteiger partial charge in [0.15, 0.2) is 0 Å². The first kappa shape index (κ1) is 17.4. The summed E-state index contributed by atoms with van der Waals surface area (Å²) in [5.74, 6) is -0.630. The van der Waals surface area contributed by atoms with E-state index in [0.717, 1.165) is 16.8 Å². The number of hydrogen-bond donors (Lipinski definition) is 1. The van der Waals surface area contributed by atoms with Gasteiger partial charge in [-0.3, -0.25) is 19.3 Å². The van der Waals surface area contributed by atoms with Crippen LogP contribution in [0.15, 0.2) is 30.4 Å². The molecule has 3 amide bonds. The quantitative estimate of drug-likeness (QED) is 0.662. The molecule has 1 fully saturated rings. The van der Waals surface area contributed by atoms with Crippen molar-refractivity contribution in [2.75, 3.05) is 11.9 Å². The lowest BCUT2D eigenvalue weighted by atomic mass is 9.85. The summed E-state index contributed by atoms with van der Waals surface area (Å²) in [7, 11) is 0. The number of amides is 3. The Morgan fingerprint density at radius 1 is 1.04 bits per heavy atom. The van der Waals surface area contributed by atoms with Crippen molar-refractivity contribution in [1.29, 1.82) is 0 Å². The summed E-state index contributed by atoms with van der Waals surface area (Å²) in [5.41, 5.74) is 2.98. The van der Waals surface area contributed by atoms with Crippen LogP contribution in [-0.4, -0.2) is 29.2 Å². The summed E-state index contributed by atoms with van der Waals surface area (Å²) in [6, 6.07) is 5.90. The zero-order valence-electron chi connectivity index (χ0n) is 14.7. The van der Waals surface area contributed by atoms with E-state index < -0.39 is 0 Å². The first-order valence-corrected chi connectivity index (χ1v) is 8.84. The largest absolute Gasteiger partial charge is 0.326 e. The van der Waals surface area contributed by atoms with E-state index in [-0.39, 0.29) is 36.0 Å². The van der Waals surface area contributed by atoms with Gasteiger partial charge in [0.25, 0.3) is 0 Å². The lowest BCUT2D eigenvalue weighted by Gasteiger charge is -2.14. The third-order valence-corrected chi connectivity index (χ3v) is 4.89. The second kappa shape index (κ2) is 7.21. The molecule has 1 saturated heterocycles. The highest BCUT2D eigenvalue weighted by molar-refractivity contribution is 6.05. The Bertz CT molecular complexity index is 692. The molecule has 3 rings (SSSR count). The molecule has 25 heavy (non-hydrogen) atoms. The number of fused-ring (bicyclic) bond motifs is 1. The number of carbonyl (C=O) groups is 3. The Labute approximate surface area is 148 Å². The van der Waals surface area contributed by atoms with E-state index in [1.165, 1.54) is 4.90 Å². The molecule has 1 N–H and O–H groups in total. The van der Waals surface area contributed by atoms with Crippen molar-refractivity contribution in [3.63, 3.8) is 0 Å². The fourth-order valence-corrected chi connectivity index (χ4v) is 3.76. The molecule has 132 valence electrons. The Morgan fingerprint density at radius 2 is 1.60 bits per heavy atom. The van der Waals surface area contributed by atoms with Crippen molar-refractivity contribution < 1.29 is 14.4 Å². The summed E-state index contributed by atoms with van der Waals surface area (Å²) in [4.78, 5) is 38.2. The number of likely N-dealkylation sites (tertiary alicyclic amines) is 1. The van der Waals surface area contributed by atoms with Gasteiger partial charge >= 0.3 is 0 Å². The van der Waals surface area contributed by atoms with Gasteiger partial charge in [-0.25, -0.2) is 0 Å². The van der Waals surface area contributed by atoms with E-state index >= 15 is 0 Å². The molecule has 5 nitrogen and oxygen atoms in total. The molecule has 1 aromatic carbocycles. The number of allylic oxidation sites excluding steroid dienone is 2. The highest BCUT2D eigenvalue weighted by Gasteiger charge is 2.46. The van der Waals surface area contributed by atoms with Crippen molar-refractivity contribution in [1.82, 2.24) is 4.90 Å². The van der Waals surface area contributed by atoms with Gasteiger partial charge in [0.2, 0.25) is 17.7 Å². The van der Waals surface area contributed by atoms with E-state index in [9.17, 15) is 14.4 Å². The lowest BCUT2D eigenvalue weighted by Crippen LogP contribution is -2.32. The maximum Gasteiger partial charge on any atom is 0.233 e. The fourth-order valence-electron chi connectivity index (χ4n) is 3.76. The molecule has 1 heterocycles. The molecule has 0 saturated carbocycles. The number of imide groups is 1. The Hall–Kier alpha value is -2.43. The number of hydrogen-bond acceptors (Lipinski definition) is 3. The van der Waals surface area contributed by atoms with Crippen LogP contribution >= 0.6 is 0 Å². The van der Waals surface area contributed by atoms with Crippen molar-refractivity contribution in [2.24, 2.45) is 11.8 Å². The predicted octanol–water partition coefficient (Wildman–Crippen LogP) is 2.97. The lowest BCUT2D eigenvalue weighted by molar-refractivity contribution is -0.140. The Kier molecular flexibility index (Phi) is 5.02. The minimum absolute atomic E-state index is 0.0749. The average Bonchev–Trinajstić information content (AvgIpc) is 2.79. The monoisotopic (exact) mass is 340 g/mol. The normalized spacial score (nSPS) is 22.2. The van der Waals surface area contributed by atoms with E-state index in [1.54, 1.807) is 0 Å². The summed E-state index contributed by atoms with van der Waals surface area (Å²) >= 11 is 0. The zero-order chi connectivity index (χ0) is 18.0. The SMILES string of the molecule is Cc1cc(C)cc(NC(=O)CCCN2C(=O)[C@H]3CC=CC[C@H]3C2=O)c1. The topological polar surface area (TPSA) is 66.5 Å². The van der Waals surface area contributed by atoms with E-state index in [4.69, 9.17) is 0 Å². The van der Waals surface area contributed by atoms with Gasteiger partial charge in [-0.2, -0.15) is 0 Å². The summed E-state index contributed by atoms with van der Waals surface area (Å²) in [5, 5.41) is 2.88. The van der Waals surface area contributed by atoms with Gasteiger partial charge in [-0.05, 0) is 56.4 Å². The van der Waals surface area contributed by atoms with Crippen molar-refractivity contribution in [2.45, 2.75) is 39.5 Å². The molecule has 0 radical (unpaired) electrons. The number of nitrogens with one attached hydrogen (secondary N) is 1. The summed E-state index contributed by atoms with van der Waals surface area (Å²) in [6.45, 7) is 4.30. The van der Waals surface area contributed by atoms with Gasteiger partial charge in [-0.15, -0.1) is 0 Å². The van der Waals surface area contributed by atoms with Crippen molar-refractivity contribution in [3.05, 3.63) is 41.5 Å². The van der Waals surface area contributed by atoms with Crippen molar-refractivity contribution >= 4 is 23.4 Å². The molecular formula is C20H24N2O3. The van der Waals surface area contributed by atoms with Crippen molar-refractivity contribution in [3.8, 4) is 0 Å². The molecular weight excluding hydrogens is 316 g/mol. The van der Waals surface area contributed by atoms with Gasteiger partial charge in [0, 0.05) is 18.7 Å². The molecule has 0 spiro atoms. The Morgan fingerprint density at radius 3 is 2.16 bits per heavy atom. The summed E-state index contributed by atoms with van der Waals surface area (Å²) < 4.78 is 0. The molecule has 0 unspecified atom stereocenters. The van der Waals surface area contributed by atoms with Crippen LogP contribution in [-0.2, 0) is 14.4 Å². The molecule has 1 aliphatic heterocycles. The van der Waals surface area contributed by atoms with Gasteiger partial charge in [-0.1, -0.05) is 18.2 Å². The highest BCUT2D eigenvalue weighted by Crippen LogP contribution is 2.35. The molecule has 1 aromatic rings. The van der Waals surface area contributed by atoms with Crippen LogP contribution in [0.2, 0.25) is 0 Å². The van der Waals surface area contributed by atoms with Crippen LogP contribution in [0.25, 0.3) is 0 Å². The van der Waals surface area contributed by atoms with Crippen LogP contribution in [0.4, 0.5) is 5.69 Å².